The van der Waals surface area contributed by atoms with E-state index >= 15 is 0 Å². The van der Waals surface area contributed by atoms with Crippen molar-refractivity contribution in [3.8, 4) is 0 Å². The molecular weight excluding hydrogens is 128 g/mol. The Kier molecular flexibility index (Phi) is 11.1. The second kappa shape index (κ2) is 4.97. The lowest BCUT2D eigenvalue weighted by Crippen LogP contribution is -2.33. The molecule has 0 heterocycles. The molecular formula is CH10MgO4Si. The van der Waals surface area contributed by atoms with E-state index in [2.05, 4.69) is 0 Å². The van der Waals surface area contributed by atoms with E-state index in [1.807, 2.05) is 0 Å². The largest absolute Gasteiger partial charge is 0.668 e. The van der Waals surface area contributed by atoms with E-state index in [9.17, 15) is 0 Å². The van der Waals surface area contributed by atoms with Gasteiger partial charge in [-0.15, -0.1) is 0 Å². The summed E-state index contributed by atoms with van der Waals surface area (Å²) in [5, 5.41) is 0. The second-order valence-electron chi connectivity index (χ2n) is 0.600. The highest BCUT2D eigenvalue weighted by Crippen LogP contribution is 1.67. The zero-order chi connectivity index (χ0) is 4.50. The van der Waals surface area contributed by atoms with E-state index in [1.54, 1.807) is 0 Å². The van der Waals surface area contributed by atoms with Crippen LogP contribution in [0, 0.1) is 0 Å². The van der Waals surface area contributed by atoms with E-state index in [0.29, 0.717) is 0 Å². The van der Waals surface area contributed by atoms with Gasteiger partial charge in [-0.3, -0.25) is 0 Å². The molecule has 4 N–H and O–H groups in total. The van der Waals surface area contributed by atoms with Crippen LogP contribution in [-0.4, -0.2) is 51.3 Å². The highest BCUT2D eigenvalue weighted by Gasteiger charge is 2.22. The van der Waals surface area contributed by atoms with Crippen LogP contribution in [0.3, 0.4) is 0 Å². The van der Waals surface area contributed by atoms with E-state index in [0.717, 1.165) is 0 Å². The molecule has 0 unspecified atom stereocenters. The summed E-state index contributed by atoms with van der Waals surface area (Å²) in [5.41, 5.74) is 0. The smallest absolute Gasteiger partial charge is 0.368 e. The van der Waals surface area contributed by atoms with Crippen LogP contribution in [-0.2, 0) is 0 Å². The van der Waals surface area contributed by atoms with Gasteiger partial charge < -0.3 is 19.2 Å². The number of hydrogen-bond acceptors (Lipinski definition) is 4. The zero-order valence-electron chi connectivity index (χ0n) is 2.29. The molecule has 0 rings (SSSR count). The summed E-state index contributed by atoms with van der Waals surface area (Å²) in [5.74, 6) is 0. The van der Waals surface area contributed by atoms with Crippen molar-refractivity contribution >= 4 is 32.1 Å². The van der Waals surface area contributed by atoms with Crippen molar-refractivity contribution < 1.29 is 19.2 Å². The van der Waals surface area contributed by atoms with Gasteiger partial charge in [0.05, 0.1) is 0 Å². The molecule has 0 aliphatic rings. The van der Waals surface area contributed by atoms with Crippen molar-refractivity contribution in [2.24, 2.45) is 0 Å². The first kappa shape index (κ1) is 15.7. The van der Waals surface area contributed by atoms with Gasteiger partial charge in [0.15, 0.2) is 0 Å². The van der Waals surface area contributed by atoms with Gasteiger partial charge in [-0.25, -0.2) is 0 Å². The predicted octanol–water partition coefficient (Wildman–Crippen LogP) is -2.89. The summed E-state index contributed by atoms with van der Waals surface area (Å²) in [6.07, 6.45) is 0. The van der Waals surface area contributed by atoms with Crippen LogP contribution in [0.2, 0.25) is 0 Å². The summed E-state index contributed by atoms with van der Waals surface area (Å²) in [6, 6.07) is 0. The average Bonchev–Trinajstić information content (AvgIpc) is 0.722. The molecule has 0 aliphatic carbocycles. The molecule has 7 heavy (non-hydrogen) atoms. The van der Waals surface area contributed by atoms with Crippen molar-refractivity contribution in [3.05, 3.63) is 0 Å². The third-order valence-corrected chi connectivity index (χ3v) is 0. The molecule has 0 aromatic rings. The van der Waals surface area contributed by atoms with Gasteiger partial charge in [-0.1, -0.05) is 7.43 Å². The fourth-order valence-electron chi connectivity index (χ4n) is 0. The number of hydrogen-bond donors (Lipinski definition) is 4. The summed E-state index contributed by atoms with van der Waals surface area (Å²) in [7, 11) is -4.61. The van der Waals surface area contributed by atoms with Gasteiger partial charge in [0.2, 0.25) is 0 Å². The Morgan fingerprint density at radius 2 is 0.857 bits per heavy atom. The summed E-state index contributed by atoms with van der Waals surface area (Å²) in [6.45, 7) is 0. The van der Waals surface area contributed by atoms with Crippen molar-refractivity contribution in [1.29, 1.82) is 0 Å². The van der Waals surface area contributed by atoms with Gasteiger partial charge >= 0.3 is 32.1 Å². The molecule has 0 aromatic heterocycles. The highest BCUT2D eigenvalue weighted by atomic mass is 28.4. The van der Waals surface area contributed by atoms with Crippen molar-refractivity contribution in [2.45, 2.75) is 7.43 Å². The maximum atomic E-state index is 7.33. The molecule has 0 aliphatic heterocycles. The third kappa shape index (κ3) is 234. The maximum absolute atomic E-state index is 7.33. The Morgan fingerprint density at radius 1 is 0.857 bits per heavy atom. The molecule has 0 spiro atoms. The van der Waals surface area contributed by atoms with Crippen LogP contribution >= 0.6 is 0 Å². The van der Waals surface area contributed by atoms with Gasteiger partial charge in [-0.2, -0.15) is 0 Å². The molecule has 0 radical (unpaired) electrons. The lowest BCUT2D eigenvalue weighted by Gasteiger charge is -1.91. The Labute approximate surface area is 59.1 Å². The third-order valence-electron chi connectivity index (χ3n) is 0. The summed E-state index contributed by atoms with van der Waals surface area (Å²) >= 11 is 0. The molecule has 4 nitrogen and oxygen atoms in total. The molecule has 0 fully saturated rings. The minimum atomic E-state index is -4.61. The minimum absolute atomic E-state index is 0. The van der Waals surface area contributed by atoms with Crippen LogP contribution in [0.25, 0.3) is 0 Å². The molecule has 0 saturated heterocycles. The topological polar surface area (TPSA) is 80.9 Å². The average molecular weight is 138 g/mol. The van der Waals surface area contributed by atoms with Crippen LogP contribution < -0.4 is 0 Å². The van der Waals surface area contributed by atoms with E-state index in [-0.39, 0.29) is 30.5 Å². The van der Waals surface area contributed by atoms with Crippen LogP contribution in [0.4, 0.5) is 0 Å². The van der Waals surface area contributed by atoms with E-state index in [4.69, 9.17) is 19.2 Å². The van der Waals surface area contributed by atoms with Crippen molar-refractivity contribution in [1.82, 2.24) is 0 Å². The fourth-order valence-corrected chi connectivity index (χ4v) is 0. The normalized spacial score (nSPS) is 8.57. The Bertz CT molecular complexity index is 27.2. The Balaban J connectivity index is -0.0000000800. The standard InChI is InChI=1S/CH4.Mg.H4O4Si.2H/c;;1-5(2,3)4;;/h1H4;;1-4H;;. The Hall–Kier alpha value is 0.823. The second-order valence-corrected chi connectivity index (χ2v) is 1.80. The summed E-state index contributed by atoms with van der Waals surface area (Å²) < 4.78 is 0. The quantitative estimate of drug-likeness (QED) is 0.271. The van der Waals surface area contributed by atoms with Crippen molar-refractivity contribution in [3.63, 3.8) is 0 Å². The lowest BCUT2D eigenvalue weighted by molar-refractivity contribution is 0.117. The van der Waals surface area contributed by atoms with Gasteiger partial charge in [0, 0.05) is 0 Å². The maximum Gasteiger partial charge on any atom is 0.668 e. The predicted molar refractivity (Wildman–Crippen MR) is 29.9 cm³/mol. The molecule has 0 atom stereocenters. The molecule has 44 valence electrons. The molecule has 0 bridgehead atoms. The first-order valence-electron chi connectivity index (χ1n) is 0.894. The van der Waals surface area contributed by atoms with Crippen LogP contribution in [0.1, 0.15) is 7.43 Å². The SMILES string of the molecule is C.O[Si](O)(O)O.[MgH2]. The van der Waals surface area contributed by atoms with E-state index < -0.39 is 9.05 Å². The van der Waals surface area contributed by atoms with Gasteiger partial charge in [0.25, 0.3) is 0 Å². The Morgan fingerprint density at radius 3 is 0.857 bits per heavy atom. The van der Waals surface area contributed by atoms with Crippen LogP contribution in [0.5, 0.6) is 0 Å². The van der Waals surface area contributed by atoms with Crippen molar-refractivity contribution in [2.75, 3.05) is 0 Å². The summed E-state index contributed by atoms with van der Waals surface area (Å²) in [4.78, 5) is 29.3. The van der Waals surface area contributed by atoms with Gasteiger partial charge in [0.1, 0.15) is 0 Å². The monoisotopic (exact) mass is 138 g/mol. The van der Waals surface area contributed by atoms with E-state index in [1.165, 1.54) is 0 Å². The first-order valence-corrected chi connectivity index (χ1v) is 2.68. The molecule has 0 aromatic carbocycles. The number of rotatable bonds is 0. The van der Waals surface area contributed by atoms with Gasteiger partial charge in [-0.05, 0) is 0 Å². The molecule has 6 heteroatoms. The van der Waals surface area contributed by atoms with Crippen LogP contribution in [0.15, 0.2) is 0 Å². The zero-order valence-corrected chi connectivity index (χ0v) is 3.29. The molecule has 0 saturated carbocycles. The fraction of sp³-hybridized carbons (Fsp3) is 1.00. The molecule has 0 amide bonds. The highest BCUT2D eigenvalue weighted by molar-refractivity contribution is 6.46. The lowest BCUT2D eigenvalue weighted by atomic mass is 12.0. The first-order chi connectivity index (χ1) is 2.00. The minimum Gasteiger partial charge on any atom is -0.368 e.